The molecular formula is C26H17F3I2O6S. The fourth-order valence-electron chi connectivity index (χ4n) is 2.85. The number of hydrogen-bond donors (Lipinski definition) is 1. The first kappa shape index (κ1) is 29.9. The summed E-state index contributed by atoms with van der Waals surface area (Å²) in [6.45, 7) is 0. The molecule has 0 saturated carbocycles. The number of carbonyl (C=O) groups excluding carboxylic acids is 1. The van der Waals surface area contributed by atoms with Crippen molar-refractivity contribution in [1.29, 1.82) is 0 Å². The second-order valence-corrected chi connectivity index (χ2v) is 13.0. The number of ether oxygens (including phenoxy) is 1. The third-order valence-electron chi connectivity index (χ3n) is 4.59. The maximum Gasteiger partial charge on any atom is 0.416 e. The molecule has 198 valence electrons. The molecule has 0 bridgehead atoms. The fraction of sp³-hybridized carbons (Fsp3) is 0.0385. The monoisotopic (exact) mass is 768 g/mol. The Hall–Kier alpha value is -2.69. The molecule has 0 aromatic heterocycles. The number of carbonyl (C=O) groups is 1. The molecule has 0 radical (unpaired) electrons. The van der Waals surface area contributed by atoms with Crippen molar-refractivity contribution in [2.45, 2.75) is 11.1 Å². The Bertz CT molecular complexity index is 1510. The van der Waals surface area contributed by atoms with Crippen molar-refractivity contribution in [3.05, 3.63) is 119 Å². The van der Waals surface area contributed by atoms with Crippen LogP contribution in [0.15, 0.2) is 102 Å². The van der Waals surface area contributed by atoms with Gasteiger partial charge in [-0.05, 0) is 89.3 Å². The van der Waals surface area contributed by atoms with Crippen LogP contribution in [-0.2, 0) is 16.3 Å². The van der Waals surface area contributed by atoms with E-state index in [9.17, 15) is 36.0 Å². The molecule has 4 rings (SSSR count). The topological polar surface area (TPSA) is 104 Å². The van der Waals surface area contributed by atoms with E-state index in [0.29, 0.717) is 5.75 Å². The summed E-state index contributed by atoms with van der Waals surface area (Å²) in [5.74, 6) is -1.26. The SMILES string of the molecule is FC(F)(F)c1cccc([I+]c2ccccc2)c1.O=C(Oc1ccc(I)cc1)c1ccc(S(=O)(=O)[O-])c(O)c1. The number of halogens is 5. The lowest BCUT2D eigenvalue weighted by atomic mass is 10.2. The maximum atomic E-state index is 12.5. The number of rotatable bonds is 5. The Morgan fingerprint density at radius 3 is 2.08 bits per heavy atom. The van der Waals surface area contributed by atoms with Gasteiger partial charge >= 0.3 is 33.4 Å². The van der Waals surface area contributed by atoms with Crippen molar-refractivity contribution in [2.24, 2.45) is 0 Å². The zero-order valence-electron chi connectivity index (χ0n) is 19.0. The first-order valence-electron chi connectivity index (χ1n) is 10.5. The zero-order chi connectivity index (χ0) is 27.9. The van der Waals surface area contributed by atoms with Gasteiger partial charge in [0.25, 0.3) is 0 Å². The van der Waals surface area contributed by atoms with Crippen LogP contribution in [0.2, 0.25) is 0 Å². The summed E-state index contributed by atoms with van der Waals surface area (Å²) >= 11 is 1.56. The first-order valence-corrected chi connectivity index (χ1v) is 15.1. The van der Waals surface area contributed by atoms with Gasteiger partial charge in [0.15, 0.2) is 7.14 Å². The second-order valence-electron chi connectivity index (χ2n) is 7.38. The Kier molecular flexibility index (Phi) is 10.1. The molecule has 1 N–H and O–H groups in total. The quantitative estimate of drug-likeness (QED) is 0.145. The molecule has 0 amide bonds. The van der Waals surface area contributed by atoms with Gasteiger partial charge in [-0.1, -0.05) is 24.3 Å². The minimum atomic E-state index is -4.79. The van der Waals surface area contributed by atoms with Crippen molar-refractivity contribution >= 4 is 38.7 Å². The average Bonchev–Trinajstić information content (AvgIpc) is 2.85. The molecule has 0 aliphatic carbocycles. The number of phenols is 1. The molecule has 0 heterocycles. The summed E-state index contributed by atoms with van der Waals surface area (Å²) in [4.78, 5) is 11.1. The molecule has 6 nitrogen and oxygen atoms in total. The van der Waals surface area contributed by atoms with E-state index < -0.39 is 59.7 Å². The first-order chi connectivity index (χ1) is 17.8. The lowest BCUT2D eigenvalue weighted by Gasteiger charge is -2.10. The van der Waals surface area contributed by atoms with Crippen LogP contribution in [-0.4, -0.2) is 24.0 Å². The summed E-state index contributed by atoms with van der Waals surface area (Å²) in [5, 5.41) is 9.49. The van der Waals surface area contributed by atoms with Crippen LogP contribution in [0.1, 0.15) is 15.9 Å². The van der Waals surface area contributed by atoms with E-state index in [0.717, 1.165) is 35.0 Å². The predicted molar refractivity (Wildman–Crippen MR) is 135 cm³/mol. The third kappa shape index (κ3) is 8.96. The van der Waals surface area contributed by atoms with E-state index in [2.05, 4.69) is 22.6 Å². The smallest absolute Gasteiger partial charge is 0.416 e. The summed E-state index contributed by atoms with van der Waals surface area (Å²) in [6.07, 6.45) is -4.25. The minimum Gasteiger partial charge on any atom is -0.744 e. The molecule has 0 fully saturated rings. The third-order valence-corrected chi connectivity index (χ3v) is 8.83. The average molecular weight is 768 g/mol. The molecule has 0 spiro atoms. The summed E-state index contributed by atoms with van der Waals surface area (Å²) in [5.41, 5.74) is -0.635. The highest BCUT2D eigenvalue weighted by Gasteiger charge is 2.32. The van der Waals surface area contributed by atoms with Crippen LogP contribution >= 0.6 is 22.6 Å². The number of esters is 1. The van der Waals surface area contributed by atoms with Crippen LogP contribution < -0.4 is 25.9 Å². The minimum absolute atomic E-state index is 0.0709. The van der Waals surface area contributed by atoms with Gasteiger partial charge in [0.2, 0.25) is 0 Å². The number of hydrogen-bond acceptors (Lipinski definition) is 6. The van der Waals surface area contributed by atoms with Gasteiger partial charge < -0.3 is 14.4 Å². The number of phenolic OH excluding ortho intramolecular Hbond substituents is 1. The van der Waals surface area contributed by atoms with Crippen LogP contribution in [0.3, 0.4) is 0 Å². The van der Waals surface area contributed by atoms with E-state index in [1.54, 1.807) is 30.3 Å². The molecule has 0 aliphatic rings. The normalized spacial score (nSPS) is 11.3. The summed E-state index contributed by atoms with van der Waals surface area (Å²) in [7, 11) is -4.79. The highest BCUT2D eigenvalue weighted by Crippen LogP contribution is 2.28. The highest BCUT2D eigenvalue weighted by atomic mass is 127. The van der Waals surface area contributed by atoms with E-state index in [4.69, 9.17) is 4.74 Å². The van der Waals surface area contributed by atoms with E-state index in [1.165, 1.54) is 12.1 Å². The van der Waals surface area contributed by atoms with Crippen molar-refractivity contribution in [3.63, 3.8) is 0 Å². The standard InChI is InChI=1S/C13H9F3I.C13H9IO6S/c14-13(15,16)10-5-4-8-12(9-10)17-11-6-2-1-3-7-11;14-9-2-4-10(5-3-9)20-13(16)8-1-6-12(11(15)7-8)21(17,18)19/h1-9H;1-7,15H,(H,17,18,19)/q+1;/p-1. The Labute approximate surface area is 240 Å². The lowest BCUT2D eigenvalue weighted by molar-refractivity contribution is -0.597. The van der Waals surface area contributed by atoms with Gasteiger partial charge in [0, 0.05) is 9.64 Å². The number of benzene rings is 4. The fourth-order valence-corrected chi connectivity index (χ4v) is 6.13. The maximum absolute atomic E-state index is 12.5. The molecule has 4 aromatic rings. The van der Waals surface area contributed by atoms with E-state index in [1.807, 2.05) is 30.3 Å². The van der Waals surface area contributed by atoms with Gasteiger partial charge in [-0.15, -0.1) is 0 Å². The Morgan fingerprint density at radius 2 is 1.50 bits per heavy atom. The number of aromatic hydroxyl groups is 1. The Balaban J connectivity index is 0.000000215. The molecule has 0 saturated heterocycles. The predicted octanol–water partition coefficient (Wildman–Crippen LogP) is 2.95. The zero-order valence-corrected chi connectivity index (χ0v) is 24.2. The van der Waals surface area contributed by atoms with Gasteiger partial charge in [-0.3, -0.25) is 0 Å². The van der Waals surface area contributed by atoms with Crippen LogP contribution in [0, 0.1) is 10.7 Å². The largest absolute Gasteiger partial charge is 0.744 e. The molecule has 4 aromatic carbocycles. The van der Waals surface area contributed by atoms with Crippen LogP contribution in [0.5, 0.6) is 11.5 Å². The second kappa shape index (κ2) is 12.9. The van der Waals surface area contributed by atoms with Gasteiger partial charge in [0.05, 0.1) is 16.0 Å². The number of alkyl halides is 3. The molecular weight excluding hydrogens is 751 g/mol. The molecule has 12 heteroatoms. The molecule has 0 aliphatic heterocycles. The van der Waals surface area contributed by atoms with Crippen molar-refractivity contribution in [2.75, 3.05) is 0 Å². The van der Waals surface area contributed by atoms with Crippen LogP contribution in [0.4, 0.5) is 13.2 Å². The summed E-state index contributed by atoms with van der Waals surface area (Å²) < 4.78 is 78.0. The van der Waals surface area contributed by atoms with E-state index >= 15 is 0 Å². The van der Waals surface area contributed by atoms with Gasteiger partial charge in [-0.2, -0.15) is 13.2 Å². The van der Waals surface area contributed by atoms with Crippen LogP contribution in [0.25, 0.3) is 0 Å². The molecule has 38 heavy (non-hydrogen) atoms. The summed E-state index contributed by atoms with van der Waals surface area (Å²) in [6, 6.07) is 24.7. The highest BCUT2D eigenvalue weighted by molar-refractivity contribution is 14.1. The van der Waals surface area contributed by atoms with Crippen molar-refractivity contribution < 1.29 is 62.0 Å². The Morgan fingerprint density at radius 1 is 0.868 bits per heavy atom. The molecule has 0 atom stereocenters. The van der Waals surface area contributed by atoms with Crippen molar-refractivity contribution in [3.8, 4) is 11.5 Å². The van der Waals surface area contributed by atoms with Gasteiger partial charge in [0.1, 0.15) is 21.6 Å². The lowest BCUT2D eigenvalue weighted by Crippen LogP contribution is -3.61. The van der Waals surface area contributed by atoms with E-state index in [-0.39, 0.29) is 5.56 Å². The molecule has 0 unspecified atom stereocenters. The van der Waals surface area contributed by atoms with Gasteiger partial charge in [-0.25, -0.2) is 13.2 Å². The van der Waals surface area contributed by atoms with Crippen molar-refractivity contribution in [1.82, 2.24) is 0 Å².